The van der Waals surface area contributed by atoms with Crippen molar-refractivity contribution in [2.75, 3.05) is 22.5 Å². The maximum atomic E-state index is 6.30. The molecule has 6 nitrogen and oxygen atoms in total. The van der Waals surface area contributed by atoms with Gasteiger partial charge in [0.25, 0.3) is 0 Å². The number of anilines is 3. The molecule has 0 aliphatic carbocycles. The molecule has 0 spiro atoms. The Hall–Kier alpha value is -2.37. The van der Waals surface area contributed by atoms with Gasteiger partial charge in [0.15, 0.2) is 11.6 Å². The number of hydrogen-bond donors (Lipinski definition) is 2. The second-order valence-electron chi connectivity index (χ2n) is 5.71. The van der Waals surface area contributed by atoms with E-state index in [4.69, 9.17) is 5.73 Å². The average Bonchev–Trinajstić information content (AvgIpc) is 2.56. The van der Waals surface area contributed by atoms with Gasteiger partial charge < -0.3 is 16.0 Å². The van der Waals surface area contributed by atoms with Crippen LogP contribution in [-0.4, -0.2) is 27.5 Å². The Morgan fingerprint density at radius 3 is 3.05 bits per heavy atom. The first kappa shape index (κ1) is 14.6. The summed E-state index contributed by atoms with van der Waals surface area (Å²) in [7, 11) is 0. The van der Waals surface area contributed by atoms with E-state index in [0.29, 0.717) is 24.1 Å². The van der Waals surface area contributed by atoms with Crippen molar-refractivity contribution < 1.29 is 0 Å². The third kappa shape index (κ3) is 3.10. The minimum Gasteiger partial charge on any atom is -0.393 e. The van der Waals surface area contributed by atoms with Gasteiger partial charge in [-0.05, 0) is 37.8 Å². The standard InChI is InChI=1S/C16H22N6/c1-12-5-2-3-8-22(12)16-14(17)15(20-11-21-16)19-10-13-6-4-7-18-9-13/h4,6-7,9,11-12H,2-3,5,8,10,17H2,1H3,(H,19,20,21). The van der Waals surface area contributed by atoms with E-state index in [-0.39, 0.29) is 0 Å². The molecule has 0 radical (unpaired) electrons. The van der Waals surface area contributed by atoms with Crippen LogP contribution < -0.4 is 16.0 Å². The van der Waals surface area contributed by atoms with Crippen LogP contribution >= 0.6 is 0 Å². The molecule has 3 rings (SSSR count). The van der Waals surface area contributed by atoms with Crippen LogP contribution in [0.5, 0.6) is 0 Å². The summed E-state index contributed by atoms with van der Waals surface area (Å²) in [4.78, 5) is 15.1. The number of aromatic nitrogens is 3. The summed E-state index contributed by atoms with van der Waals surface area (Å²) in [5.41, 5.74) is 8.01. The van der Waals surface area contributed by atoms with Crippen molar-refractivity contribution in [3.8, 4) is 0 Å². The van der Waals surface area contributed by atoms with E-state index in [1.807, 2.05) is 18.3 Å². The number of pyridine rings is 1. The first-order valence-electron chi connectivity index (χ1n) is 7.75. The SMILES string of the molecule is CC1CCCCN1c1ncnc(NCc2cccnc2)c1N. The lowest BCUT2D eigenvalue weighted by Gasteiger charge is -2.35. The number of piperidine rings is 1. The van der Waals surface area contributed by atoms with Crippen molar-refractivity contribution in [1.29, 1.82) is 0 Å². The molecule has 1 unspecified atom stereocenters. The summed E-state index contributed by atoms with van der Waals surface area (Å²) in [6.45, 7) is 3.87. The van der Waals surface area contributed by atoms with E-state index in [9.17, 15) is 0 Å². The molecule has 1 fully saturated rings. The molecule has 6 heteroatoms. The number of rotatable bonds is 4. The molecule has 1 saturated heterocycles. The van der Waals surface area contributed by atoms with Gasteiger partial charge in [0.2, 0.25) is 0 Å². The molecule has 116 valence electrons. The Bertz CT molecular complexity index is 615. The van der Waals surface area contributed by atoms with E-state index in [1.165, 1.54) is 19.3 Å². The second-order valence-corrected chi connectivity index (χ2v) is 5.71. The monoisotopic (exact) mass is 298 g/mol. The highest BCUT2D eigenvalue weighted by molar-refractivity contribution is 5.75. The van der Waals surface area contributed by atoms with E-state index in [0.717, 1.165) is 17.9 Å². The van der Waals surface area contributed by atoms with Gasteiger partial charge in [-0.3, -0.25) is 4.98 Å². The largest absolute Gasteiger partial charge is 0.393 e. The maximum Gasteiger partial charge on any atom is 0.157 e. The van der Waals surface area contributed by atoms with E-state index < -0.39 is 0 Å². The number of nitrogens with zero attached hydrogens (tertiary/aromatic N) is 4. The molecule has 2 aromatic heterocycles. The van der Waals surface area contributed by atoms with Gasteiger partial charge >= 0.3 is 0 Å². The van der Waals surface area contributed by atoms with Crippen LogP contribution in [-0.2, 0) is 6.54 Å². The number of nitrogens with one attached hydrogen (secondary N) is 1. The highest BCUT2D eigenvalue weighted by Crippen LogP contribution is 2.31. The van der Waals surface area contributed by atoms with Crippen LogP contribution in [0.3, 0.4) is 0 Å². The molecule has 0 amide bonds. The van der Waals surface area contributed by atoms with Crippen LogP contribution in [0.2, 0.25) is 0 Å². The summed E-state index contributed by atoms with van der Waals surface area (Å²) >= 11 is 0. The first-order valence-corrected chi connectivity index (χ1v) is 7.75. The number of nitrogen functional groups attached to an aromatic ring is 1. The normalized spacial score (nSPS) is 18.2. The van der Waals surface area contributed by atoms with Crippen molar-refractivity contribution in [3.63, 3.8) is 0 Å². The molecule has 0 aromatic carbocycles. The lowest BCUT2D eigenvalue weighted by Crippen LogP contribution is -2.38. The summed E-state index contributed by atoms with van der Waals surface area (Å²) in [5.74, 6) is 1.53. The van der Waals surface area contributed by atoms with Gasteiger partial charge in [-0.1, -0.05) is 6.07 Å². The number of nitrogens with two attached hydrogens (primary N) is 1. The highest BCUT2D eigenvalue weighted by atomic mass is 15.2. The molecular formula is C16H22N6. The molecule has 3 heterocycles. The summed E-state index contributed by atoms with van der Waals surface area (Å²) in [6.07, 6.45) is 8.82. The van der Waals surface area contributed by atoms with Gasteiger partial charge in [0.05, 0.1) is 0 Å². The minimum absolute atomic E-state index is 0.470. The van der Waals surface area contributed by atoms with E-state index >= 15 is 0 Å². The van der Waals surface area contributed by atoms with E-state index in [1.54, 1.807) is 12.5 Å². The quantitative estimate of drug-likeness (QED) is 0.902. The van der Waals surface area contributed by atoms with Crippen molar-refractivity contribution in [1.82, 2.24) is 15.0 Å². The van der Waals surface area contributed by atoms with E-state index in [2.05, 4.69) is 32.1 Å². The molecule has 1 aliphatic rings. The average molecular weight is 298 g/mol. The minimum atomic E-state index is 0.470. The van der Waals surface area contributed by atoms with Gasteiger partial charge in [-0.15, -0.1) is 0 Å². The summed E-state index contributed by atoms with van der Waals surface area (Å²) in [6, 6.07) is 4.41. The molecule has 3 N–H and O–H groups in total. The maximum absolute atomic E-state index is 6.30. The Morgan fingerprint density at radius 1 is 1.36 bits per heavy atom. The van der Waals surface area contributed by atoms with Crippen LogP contribution in [0.1, 0.15) is 31.7 Å². The number of hydrogen-bond acceptors (Lipinski definition) is 6. The van der Waals surface area contributed by atoms with Crippen molar-refractivity contribution in [3.05, 3.63) is 36.4 Å². The lowest BCUT2D eigenvalue weighted by atomic mass is 10.0. The third-order valence-electron chi connectivity index (χ3n) is 4.12. The lowest BCUT2D eigenvalue weighted by molar-refractivity contribution is 0.481. The Balaban J connectivity index is 1.77. The smallest absolute Gasteiger partial charge is 0.157 e. The fraction of sp³-hybridized carbons (Fsp3) is 0.438. The van der Waals surface area contributed by atoms with Crippen molar-refractivity contribution in [2.45, 2.75) is 38.8 Å². The Labute approximate surface area is 130 Å². The summed E-state index contributed by atoms with van der Waals surface area (Å²) < 4.78 is 0. The predicted molar refractivity (Wildman–Crippen MR) is 88.7 cm³/mol. The fourth-order valence-corrected chi connectivity index (χ4v) is 2.86. The predicted octanol–water partition coefficient (Wildman–Crippen LogP) is 2.44. The molecule has 1 aliphatic heterocycles. The molecule has 1 atom stereocenters. The zero-order valence-electron chi connectivity index (χ0n) is 12.9. The van der Waals surface area contributed by atoms with Gasteiger partial charge in [0.1, 0.15) is 12.0 Å². The molecule has 0 saturated carbocycles. The van der Waals surface area contributed by atoms with Gasteiger partial charge in [-0.25, -0.2) is 9.97 Å². The second kappa shape index (κ2) is 6.60. The highest BCUT2D eigenvalue weighted by Gasteiger charge is 2.22. The van der Waals surface area contributed by atoms with Crippen molar-refractivity contribution >= 4 is 17.3 Å². The van der Waals surface area contributed by atoms with Gasteiger partial charge in [0, 0.05) is 31.5 Å². The third-order valence-corrected chi connectivity index (χ3v) is 4.12. The molecule has 2 aromatic rings. The topological polar surface area (TPSA) is 80.0 Å². The van der Waals surface area contributed by atoms with Crippen molar-refractivity contribution in [2.24, 2.45) is 0 Å². The first-order chi connectivity index (χ1) is 10.8. The molecule has 22 heavy (non-hydrogen) atoms. The zero-order chi connectivity index (χ0) is 15.4. The zero-order valence-corrected chi connectivity index (χ0v) is 12.9. The summed E-state index contributed by atoms with van der Waals surface area (Å²) in [5, 5.41) is 3.28. The van der Waals surface area contributed by atoms with Crippen LogP contribution in [0, 0.1) is 0 Å². The van der Waals surface area contributed by atoms with Crippen LogP contribution in [0.15, 0.2) is 30.9 Å². The fourth-order valence-electron chi connectivity index (χ4n) is 2.86. The Kier molecular flexibility index (Phi) is 4.37. The molecule has 0 bridgehead atoms. The van der Waals surface area contributed by atoms with Crippen LogP contribution in [0.4, 0.5) is 17.3 Å². The molecular weight excluding hydrogens is 276 g/mol. The Morgan fingerprint density at radius 2 is 2.27 bits per heavy atom. The van der Waals surface area contributed by atoms with Crippen LogP contribution in [0.25, 0.3) is 0 Å². The van der Waals surface area contributed by atoms with Gasteiger partial charge in [-0.2, -0.15) is 0 Å².